The number of methoxy groups -OCH3 is 1. The number of nitrogens with zero attached hydrogens (tertiary/aromatic N) is 4. The van der Waals surface area contributed by atoms with Crippen molar-refractivity contribution < 1.29 is 9.84 Å². The van der Waals surface area contributed by atoms with Crippen molar-refractivity contribution in [2.24, 2.45) is 0 Å². The minimum absolute atomic E-state index is 0.0479. The number of fused-ring (bicyclic) bond motifs is 1. The second kappa shape index (κ2) is 3.82. The van der Waals surface area contributed by atoms with Crippen molar-refractivity contribution in [1.29, 1.82) is 0 Å². The highest BCUT2D eigenvalue weighted by molar-refractivity contribution is 5.33. The van der Waals surface area contributed by atoms with Gasteiger partial charge in [0.25, 0.3) is 5.78 Å². The average molecular weight is 208 g/mol. The molecular formula is C9H12N4O2. The minimum Gasteiger partial charge on any atom is -0.493 e. The summed E-state index contributed by atoms with van der Waals surface area (Å²) in [4.78, 5) is 8.36. The van der Waals surface area contributed by atoms with Crippen molar-refractivity contribution in [3.8, 4) is 5.88 Å². The molecule has 2 rings (SSSR count). The van der Waals surface area contributed by atoms with Crippen LogP contribution in [-0.2, 0) is 17.8 Å². The summed E-state index contributed by atoms with van der Waals surface area (Å²) < 4.78 is 6.21. The van der Waals surface area contributed by atoms with Gasteiger partial charge in [-0.05, 0) is 6.42 Å². The van der Waals surface area contributed by atoms with Gasteiger partial charge in [0.1, 0.15) is 6.61 Å². The second-order valence-corrected chi connectivity index (χ2v) is 3.13. The van der Waals surface area contributed by atoms with Gasteiger partial charge in [-0.15, -0.1) is 5.10 Å². The van der Waals surface area contributed by atoms with Gasteiger partial charge in [-0.25, -0.2) is 4.98 Å². The summed E-state index contributed by atoms with van der Waals surface area (Å²) in [5, 5.41) is 13.7. The van der Waals surface area contributed by atoms with Crippen LogP contribution < -0.4 is 0 Å². The summed E-state index contributed by atoms with van der Waals surface area (Å²) in [6.45, 7) is 2.27. The fourth-order valence-corrected chi connectivity index (χ4v) is 1.31. The van der Waals surface area contributed by atoms with Crippen LogP contribution in [0.15, 0.2) is 6.07 Å². The van der Waals surface area contributed by atoms with Gasteiger partial charge in [0.2, 0.25) is 5.88 Å². The van der Waals surface area contributed by atoms with E-state index in [1.54, 1.807) is 13.2 Å². The van der Waals surface area contributed by atoms with Crippen LogP contribution in [0.1, 0.15) is 18.4 Å². The Balaban J connectivity index is 2.54. The number of rotatable bonds is 3. The summed E-state index contributed by atoms with van der Waals surface area (Å²) in [6.07, 6.45) is 0.747. The Bertz CT molecular complexity index is 480. The van der Waals surface area contributed by atoms with E-state index in [0.717, 1.165) is 12.1 Å². The maximum absolute atomic E-state index is 9.64. The zero-order chi connectivity index (χ0) is 10.8. The molecule has 2 heterocycles. The van der Waals surface area contributed by atoms with Gasteiger partial charge in [-0.2, -0.15) is 9.50 Å². The summed E-state index contributed by atoms with van der Waals surface area (Å²) in [5.41, 5.74) is 0.788. The largest absolute Gasteiger partial charge is 0.493 e. The zero-order valence-corrected chi connectivity index (χ0v) is 8.64. The van der Waals surface area contributed by atoms with E-state index in [-0.39, 0.29) is 5.88 Å². The normalized spacial score (nSPS) is 11.1. The zero-order valence-electron chi connectivity index (χ0n) is 8.64. The van der Waals surface area contributed by atoms with Crippen LogP contribution in [0.2, 0.25) is 0 Å². The third-order valence-electron chi connectivity index (χ3n) is 2.03. The molecule has 0 saturated carbocycles. The van der Waals surface area contributed by atoms with Gasteiger partial charge in [-0.1, -0.05) is 6.92 Å². The molecule has 2 aromatic rings. The number of aromatic hydroxyl groups is 1. The monoisotopic (exact) mass is 208 g/mol. The third kappa shape index (κ3) is 1.75. The number of aryl methyl sites for hydroxylation is 1. The molecule has 15 heavy (non-hydrogen) atoms. The second-order valence-electron chi connectivity index (χ2n) is 3.13. The molecule has 0 amide bonds. The lowest BCUT2D eigenvalue weighted by Gasteiger charge is -1.98. The molecule has 1 N–H and O–H groups in total. The van der Waals surface area contributed by atoms with Gasteiger partial charge in [0, 0.05) is 18.9 Å². The number of aromatic nitrogens is 4. The number of ether oxygens (including phenoxy) is 1. The SMILES string of the molecule is CCc1cc(O)n2nc(COC)nc2n1. The molecule has 0 fully saturated rings. The minimum atomic E-state index is 0.0479. The smallest absolute Gasteiger partial charge is 0.255 e. The molecule has 0 atom stereocenters. The van der Waals surface area contributed by atoms with Crippen LogP contribution in [-0.4, -0.2) is 31.8 Å². The highest BCUT2D eigenvalue weighted by atomic mass is 16.5. The Hall–Kier alpha value is -1.69. The van der Waals surface area contributed by atoms with Crippen molar-refractivity contribution in [3.63, 3.8) is 0 Å². The van der Waals surface area contributed by atoms with Gasteiger partial charge in [0.15, 0.2) is 5.82 Å². The molecule has 0 unspecified atom stereocenters. The van der Waals surface area contributed by atoms with Crippen LogP contribution in [0.5, 0.6) is 5.88 Å². The molecule has 0 aromatic carbocycles. The Morgan fingerprint density at radius 3 is 2.93 bits per heavy atom. The Kier molecular flexibility index (Phi) is 2.51. The predicted molar refractivity (Wildman–Crippen MR) is 52.5 cm³/mol. The molecule has 0 aliphatic carbocycles. The van der Waals surface area contributed by atoms with Gasteiger partial charge in [0.05, 0.1) is 0 Å². The lowest BCUT2D eigenvalue weighted by molar-refractivity contribution is 0.178. The van der Waals surface area contributed by atoms with Crippen molar-refractivity contribution in [2.75, 3.05) is 7.11 Å². The summed E-state index contributed by atoms with van der Waals surface area (Å²) >= 11 is 0. The van der Waals surface area contributed by atoms with Crippen LogP contribution in [0, 0.1) is 0 Å². The third-order valence-corrected chi connectivity index (χ3v) is 2.03. The van der Waals surface area contributed by atoms with E-state index < -0.39 is 0 Å². The molecule has 80 valence electrons. The standard InChI is InChI=1S/C9H12N4O2/c1-3-6-4-8(14)13-9(10-6)11-7(12-13)5-15-2/h4,14H,3,5H2,1-2H3. The predicted octanol–water partition coefficient (Wildman–Crippen LogP) is 0.539. The fourth-order valence-electron chi connectivity index (χ4n) is 1.31. The van der Waals surface area contributed by atoms with Gasteiger partial charge in [-0.3, -0.25) is 0 Å². The van der Waals surface area contributed by atoms with Gasteiger partial charge >= 0.3 is 0 Å². The first-order chi connectivity index (χ1) is 7.24. The fraction of sp³-hybridized carbons (Fsp3) is 0.444. The molecule has 0 aliphatic heterocycles. The molecule has 0 bridgehead atoms. The topological polar surface area (TPSA) is 72.5 Å². The maximum Gasteiger partial charge on any atom is 0.255 e. The van der Waals surface area contributed by atoms with E-state index in [2.05, 4.69) is 15.1 Å². The summed E-state index contributed by atoms with van der Waals surface area (Å²) in [6, 6.07) is 1.58. The van der Waals surface area contributed by atoms with Crippen LogP contribution in [0.3, 0.4) is 0 Å². The van der Waals surface area contributed by atoms with Crippen LogP contribution >= 0.6 is 0 Å². The quantitative estimate of drug-likeness (QED) is 0.796. The molecule has 2 aromatic heterocycles. The molecule has 0 saturated heterocycles. The molecular weight excluding hydrogens is 196 g/mol. The first-order valence-corrected chi connectivity index (χ1v) is 4.68. The van der Waals surface area contributed by atoms with E-state index >= 15 is 0 Å². The lowest BCUT2D eigenvalue weighted by Crippen LogP contribution is -1.96. The lowest BCUT2D eigenvalue weighted by atomic mass is 10.3. The van der Waals surface area contributed by atoms with E-state index in [9.17, 15) is 5.11 Å². The first kappa shape index (κ1) is 9.85. The van der Waals surface area contributed by atoms with Gasteiger partial charge < -0.3 is 9.84 Å². The van der Waals surface area contributed by atoms with E-state index in [1.807, 2.05) is 6.92 Å². The highest BCUT2D eigenvalue weighted by Gasteiger charge is 2.09. The summed E-state index contributed by atoms with van der Waals surface area (Å²) in [5.74, 6) is 0.958. The number of hydrogen-bond donors (Lipinski definition) is 1. The van der Waals surface area contributed by atoms with Crippen molar-refractivity contribution in [3.05, 3.63) is 17.6 Å². The van der Waals surface area contributed by atoms with Crippen LogP contribution in [0.25, 0.3) is 5.78 Å². The first-order valence-electron chi connectivity index (χ1n) is 4.68. The molecule has 0 aliphatic rings. The van der Waals surface area contributed by atoms with E-state index in [4.69, 9.17) is 4.74 Å². The Labute approximate surface area is 86.5 Å². The maximum atomic E-state index is 9.64. The highest BCUT2D eigenvalue weighted by Crippen LogP contribution is 2.12. The summed E-state index contributed by atoms with van der Waals surface area (Å²) in [7, 11) is 1.57. The average Bonchev–Trinajstić information content (AvgIpc) is 2.61. The molecule has 0 spiro atoms. The van der Waals surface area contributed by atoms with E-state index in [1.165, 1.54) is 4.52 Å². The van der Waals surface area contributed by atoms with Crippen LogP contribution in [0.4, 0.5) is 0 Å². The van der Waals surface area contributed by atoms with Crippen molar-refractivity contribution in [2.45, 2.75) is 20.0 Å². The molecule has 0 radical (unpaired) electrons. The van der Waals surface area contributed by atoms with E-state index in [0.29, 0.717) is 18.2 Å². The van der Waals surface area contributed by atoms with Crippen molar-refractivity contribution in [1.82, 2.24) is 19.6 Å². The molecule has 6 heteroatoms. The van der Waals surface area contributed by atoms with Crippen molar-refractivity contribution >= 4 is 5.78 Å². The number of hydrogen-bond acceptors (Lipinski definition) is 5. The molecule has 6 nitrogen and oxygen atoms in total. The Morgan fingerprint density at radius 2 is 2.27 bits per heavy atom. The Morgan fingerprint density at radius 1 is 1.47 bits per heavy atom.